The van der Waals surface area contributed by atoms with Gasteiger partial charge in [-0.25, -0.2) is 0 Å². The van der Waals surface area contributed by atoms with Gasteiger partial charge in [0.25, 0.3) is 0 Å². The number of thioether (sulfide) groups is 1. The predicted octanol–water partition coefficient (Wildman–Crippen LogP) is 3.83. The average Bonchev–Trinajstić information content (AvgIpc) is 3.11. The third-order valence-corrected chi connectivity index (χ3v) is 4.85. The van der Waals surface area contributed by atoms with Crippen molar-refractivity contribution in [2.75, 3.05) is 11.9 Å². The van der Waals surface area contributed by atoms with Gasteiger partial charge in [0, 0.05) is 10.7 Å². The van der Waals surface area contributed by atoms with Crippen molar-refractivity contribution < 1.29 is 9.53 Å². The van der Waals surface area contributed by atoms with E-state index in [1.807, 2.05) is 31.2 Å². The highest BCUT2D eigenvalue weighted by atomic mass is 35.5. The predicted molar refractivity (Wildman–Crippen MR) is 106 cm³/mol. The van der Waals surface area contributed by atoms with Crippen molar-refractivity contribution in [3.8, 4) is 11.4 Å². The fourth-order valence-corrected chi connectivity index (χ4v) is 3.27. The summed E-state index contributed by atoms with van der Waals surface area (Å²) >= 11 is 7.29. The third kappa shape index (κ3) is 4.99. The third-order valence-electron chi connectivity index (χ3n) is 3.58. The molecule has 27 heavy (non-hydrogen) atoms. The number of nitrogens with one attached hydrogen (secondary N) is 1. The van der Waals surface area contributed by atoms with Crippen LogP contribution in [0.5, 0.6) is 5.75 Å². The average molecular weight is 404 g/mol. The molecule has 0 fully saturated rings. The molecule has 0 saturated heterocycles. The number of ether oxygens (including phenoxy) is 1. The molecule has 1 amide bonds. The second-order valence-electron chi connectivity index (χ2n) is 5.56. The van der Waals surface area contributed by atoms with Crippen LogP contribution in [0.2, 0.25) is 5.02 Å². The minimum atomic E-state index is -0.402. The van der Waals surface area contributed by atoms with E-state index in [1.54, 1.807) is 35.9 Å². The van der Waals surface area contributed by atoms with Crippen LogP contribution in [-0.4, -0.2) is 38.0 Å². The van der Waals surface area contributed by atoms with Crippen LogP contribution in [-0.2, 0) is 4.79 Å². The second-order valence-corrected chi connectivity index (χ2v) is 7.30. The Labute approximate surface area is 166 Å². The summed E-state index contributed by atoms with van der Waals surface area (Å²) in [6.45, 7) is 4.32. The van der Waals surface area contributed by atoms with Crippen molar-refractivity contribution in [2.45, 2.75) is 24.3 Å². The molecule has 3 aromatic rings. The Morgan fingerprint density at radius 1 is 1.30 bits per heavy atom. The summed E-state index contributed by atoms with van der Waals surface area (Å²) in [5.41, 5.74) is 1.43. The summed E-state index contributed by atoms with van der Waals surface area (Å²) in [5, 5.41) is 15.3. The summed E-state index contributed by atoms with van der Waals surface area (Å²) in [6, 6.07) is 14.4. The number of aromatic nitrogens is 4. The summed E-state index contributed by atoms with van der Waals surface area (Å²) < 4.78 is 6.95. The molecule has 0 bridgehead atoms. The molecule has 3 rings (SSSR count). The fourth-order valence-electron chi connectivity index (χ4n) is 2.28. The Kier molecular flexibility index (Phi) is 6.31. The number of carbonyl (C=O) groups is 1. The molecule has 0 aliphatic carbocycles. The first-order valence-corrected chi connectivity index (χ1v) is 9.57. The Balaban J connectivity index is 1.66. The quantitative estimate of drug-likeness (QED) is 0.603. The maximum atomic E-state index is 12.5. The fraction of sp³-hybridized carbons (Fsp3) is 0.222. The van der Waals surface area contributed by atoms with Gasteiger partial charge in [0.2, 0.25) is 11.1 Å². The van der Waals surface area contributed by atoms with Crippen LogP contribution >= 0.6 is 23.4 Å². The number of tetrazole rings is 1. The number of anilines is 1. The van der Waals surface area contributed by atoms with E-state index < -0.39 is 5.25 Å². The monoisotopic (exact) mass is 403 g/mol. The molecule has 0 aliphatic rings. The largest absolute Gasteiger partial charge is 0.494 e. The number of amides is 1. The van der Waals surface area contributed by atoms with E-state index in [2.05, 4.69) is 20.8 Å². The standard InChI is InChI=1S/C18H18ClN5O2S/c1-3-26-16-9-7-14(8-10-16)20-17(25)12(2)27-18-21-22-23-24(18)15-6-4-5-13(19)11-15/h4-12H,3H2,1-2H3,(H,20,25)/t12-/m0/s1. The van der Waals surface area contributed by atoms with E-state index >= 15 is 0 Å². The number of carbonyl (C=O) groups excluding carboxylic acids is 1. The van der Waals surface area contributed by atoms with Crippen LogP contribution in [0, 0.1) is 0 Å². The lowest BCUT2D eigenvalue weighted by molar-refractivity contribution is -0.115. The Morgan fingerprint density at radius 2 is 2.07 bits per heavy atom. The molecule has 0 aliphatic heterocycles. The smallest absolute Gasteiger partial charge is 0.237 e. The van der Waals surface area contributed by atoms with Crippen LogP contribution < -0.4 is 10.1 Å². The SMILES string of the molecule is CCOc1ccc(NC(=O)[C@H](C)Sc2nnnn2-c2cccc(Cl)c2)cc1. The lowest BCUT2D eigenvalue weighted by Crippen LogP contribution is -2.22. The maximum Gasteiger partial charge on any atom is 0.237 e. The zero-order chi connectivity index (χ0) is 19.2. The molecule has 1 aromatic heterocycles. The second kappa shape index (κ2) is 8.88. The van der Waals surface area contributed by atoms with E-state index in [9.17, 15) is 4.79 Å². The molecule has 0 radical (unpaired) electrons. The van der Waals surface area contributed by atoms with Gasteiger partial charge in [-0.3, -0.25) is 4.79 Å². The van der Waals surface area contributed by atoms with Gasteiger partial charge in [-0.15, -0.1) is 5.10 Å². The summed E-state index contributed by atoms with van der Waals surface area (Å²) in [7, 11) is 0. The first kappa shape index (κ1) is 19.2. The van der Waals surface area contributed by atoms with Gasteiger partial charge in [0.05, 0.1) is 17.5 Å². The molecule has 0 saturated carbocycles. The zero-order valence-electron chi connectivity index (χ0n) is 14.8. The van der Waals surface area contributed by atoms with Gasteiger partial charge in [-0.05, 0) is 66.7 Å². The number of rotatable bonds is 7. The normalized spacial score (nSPS) is 11.8. The minimum Gasteiger partial charge on any atom is -0.494 e. The van der Waals surface area contributed by atoms with Gasteiger partial charge in [-0.1, -0.05) is 29.4 Å². The molecule has 140 valence electrons. The molecule has 1 heterocycles. The summed E-state index contributed by atoms with van der Waals surface area (Å²) in [4.78, 5) is 12.5. The zero-order valence-corrected chi connectivity index (χ0v) is 16.4. The molecule has 9 heteroatoms. The highest BCUT2D eigenvalue weighted by Gasteiger charge is 2.19. The van der Waals surface area contributed by atoms with E-state index in [-0.39, 0.29) is 5.91 Å². The number of hydrogen-bond acceptors (Lipinski definition) is 6. The lowest BCUT2D eigenvalue weighted by atomic mass is 10.3. The highest BCUT2D eigenvalue weighted by molar-refractivity contribution is 8.00. The molecule has 0 unspecified atom stereocenters. The van der Waals surface area contributed by atoms with Crippen molar-refractivity contribution in [2.24, 2.45) is 0 Å². The summed E-state index contributed by atoms with van der Waals surface area (Å²) in [6.07, 6.45) is 0. The van der Waals surface area contributed by atoms with Crippen LogP contribution in [0.15, 0.2) is 53.7 Å². The Hall–Kier alpha value is -2.58. The van der Waals surface area contributed by atoms with Gasteiger partial charge in [0.1, 0.15) is 5.75 Å². The van der Waals surface area contributed by atoms with Gasteiger partial charge < -0.3 is 10.1 Å². The number of halogens is 1. The van der Waals surface area contributed by atoms with E-state index in [1.165, 1.54) is 11.8 Å². The minimum absolute atomic E-state index is 0.148. The van der Waals surface area contributed by atoms with Crippen LogP contribution in [0.25, 0.3) is 5.69 Å². The van der Waals surface area contributed by atoms with Crippen LogP contribution in [0.4, 0.5) is 5.69 Å². The Bertz CT molecular complexity index is 916. The van der Waals surface area contributed by atoms with Crippen molar-refractivity contribution in [1.29, 1.82) is 0 Å². The molecule has 7 nitrogen and oxygen atoms in total. The number of hydrogen-bond donors (Lipinski definition) is 1. The Morgan fingerprint density at radius 3 is 2.78 bits per heavy atom. The molecule has 1 atom stereocenters. The maximum absolute atomic E-state index is 12.5. The van der Waals surface area contributed by atoms with E-state index in [0.29, 0.717) is 22.5 Å². The van der Waals surface area contributed by atoms with Gasteiger partial charge in [-0.2, -0.15) is 4.68 Å². The van der Waals surface area contributed by atoms with Gasteiger partial charge in [0.15, 0.2) is 0 Å². The molecule has 0 spiro atoms. The van der Waals surface area contributed by atoms with Crippen molar-refractivity contribution in [3.63, 3.8) is 0 Å². The molecular formula is C18H18ClN5O2S. The van der Waals surface area contributed by atoms with Crippen molar-refractivity contribution >= 4 is 35.0 Å². The lowest BCUT2D eigenvalue weighted by Gasteiger charge is -2.12. The topological polar surface area (TPSA) is 81.9 Å². The molecular weight excluding hydrogens is 386 g/mol. The van der Waals surface area contributed by atoms with Crippen LogP contribution in [0.1, 0.15) is 13.8 Å². The molecule has 1 N–H and O–H groups in total. The van der Waals surface area contributed by atoms with E-state index in [0.717, 1.165) is 11.4 Å². The van der Waals surface area contributed by atoms with Crippen LogP contribution in [0.3, 0.4) is 0 Å². The summed E-state index contributed by atoms with van der Waals surface area (Å²) in [5.74, 6) is 0.614. The van der Waals surface area contributed by atoms with E-state index in [4.69, 9.17) is 16.3 Å². The van der Waals surface area contributed by atoms with Crippen molar-refractivity contribution in [1.82, 2.24) is 20.2 Å². The van der Waals surface area contributed by atoms with Crippen molar-refractivity contribution in [3.05, 3.63) is 53.6 Å². The van der Waals surface area contributed by atoms with Gasteiger partial charge >= 0.3 is 0 Å². The highest BCUT2D eigenvalue weighted by Crippen LogP contribution is 2.25. The number of benzene rings is 2. The number of nitrogens with zero attached hydrogens (tertiary/aromatic N) is 4. The molecule has 2 aromatic carbocycles. The first-order valence-electron chi connectivity index (χ1n) is 8.31. The first-order chi connectivity index (χ1) is 13.1.